The van der Waals surface area contributed by atoms with Gasteiger partial charge in [0.05, 0.1) is 13.0 Å². The normalized spacial score (nSPS) is 17.4. The zero-order chi connectivity index (χ0) is 19.2. The summed E-state index contributed by atoms with van der Waals surface area (Å²) in [5, 5.41) is 4.12. The molecule has 28 heavy (non-hydrogen) atoms. The summed E-state index contributed by atoms with van der Waals surface area (Å²) in [5.41, 5.74) is 0.871. The Morgan fingerprint density at radius 2 is 2.07 bits per heavy atom. The van der Waals surface area contributed by atoms with E-state index in [0.29, 0.717) is 18.3 Å². The SMILES string of the molecule is COc1ccccc1OCCN1CCC[C@H](c2nc(-c3cccnc3)no2)C1. The first-order chi connectivity index (χ1) is 13.8. The van der Waals surface area contributed by atoms with Crippen molar-refractivity contribution in [3.63, 3.8) is 0 Å². The van der Waals surface area contributed by atoms with Crippen molar-refractivity contribution >= 4 is 0 Å². The van der Waals surface area contributed by atoms with E-state index in [4.69, 9.17) is 14.0 Å². The molecule has 0 saturated carbocycles. The van der Waals surface area contributed by atoms with E-state index < -0.39 is 0 Å². The van der Waals surface area contributed by atoms with E-state index in [0.717, 1.165) is 49.5 Å². The molecule has 1 aliphatic rings. The van der Waals surface area contributed by atoms with Gasteiger partial charge >= 0.3 is 0 Å². The molecule has 1 atom stereocenters. The quantitative estimate of drug-likeness (QED) is 0.622. The van der Waals surface area contributed by atoms with Crippen LogP contribution in [-0.2, 0) is 0 Å². The van der Waals surface area contributed by atoms with E-state index in [-0.39, 0.29) is 5.92 Å². The average molecular weight is 380 g/mol. The third kappa shape index (κ3) is 4.31. The second kappa shape index (κ2) is 8.84. The minimum atomic E-state index is 0.248. The number of piperidine rings is 1. The van der Waals surface area contributed by atoms with Gasteiger partial charge in [0.1, 0.15) is 6.61 Å². The fraction of sp³-hybridized carbons (Fsp3) is 0.381. The monoisotopic (exact) mass is 380 g/mol. The van der Waals surface area contributed by atoms with Crippen molar-refractivity contribution in [1.82, 2.24) is 20.0 Å². The third-order valence-electron chi connectivity index (χ3n) is 4.95. The molecular formula is C21H24N4O3. The van der Waals surface area contributed by atoms with Crippen molar-refractivity contribution < 1.29 is 14.0 Å². The van der Waals surface area contributed by atoms with E-state index in [1.54, 1.807) is 19.5 Å². The first-order valence-corrected chi connectivity index (χ1v) is 9.55. The first-order valence-electron chi connectivity index (χ1n) is 9.55. The molecule has 0 spiro atoms. The van der Waals surface area contributed by atoms with Crippen LogP contribution in [-0.4, -0.2) is 53.4 Å². The number of hydrogen-bond acceptors (Lipinski definition) is 7. The van der Waals surface area contributed by atoms with Gasteiger partial charge in [-0.25, -0.2) is 0 Å². The highest BCUT2D eigenvalue weighted by atomic mass is 16.5. The van der Waals surface area contributed by atoms with Gasteiger partial charge in [-0.15, -0.1) is 0 Å². The second-order valence-electron chi connectivity index (χ2n) is 6.84. The molecule has 4 rings (SSSR count). The number of nitrogens with zero attached hydrogens (tertiary/aromatic N) is 4. The fourth-order valence-corrected chi connectivity index (χ4v) is 3.50. The van der Waals surface area contributed by atoms with Crippen LogP contribution in [0.2, 0.25) is 0 Å². The molecule has 0 unspecified atom stereocenters. The summed E-state index contributed by atoms with van der Waals surface area (Å²) in [4.78, 5) is 11.1. The van der Waals surface area contributed by atoms with Crippen LogP contribution in [0.3, 0.4) is 0 Å². The lowest BCUT2D eigenvalue weighted by Gasteiger charge is -2.30. The van der Waals surface area contributed by atoms with Crippen LogP contribution in [0.25, 0.3) is 11.4 Å². The Kier molecular flexibility index (Phi) is 5.82. The molecule has 7 heteroatoms. The lowest BCUT2D eigenvalue weighted by molar-refractivity contribution is 0.156. The van der Waals surface area contributed by atoms with Gasteiger partial charge in [0.25, 0.3) is 0 Å². The zero-order valence-electron chi connectivity index (χ0n) is 16.0. The van der Waals surface area contributed by atoms with Gasteiger partial charge < -0.3 is 14.0 Å². The molecule has 0 bridgehead atoms. The zero-order valence-corrected chi connectivity index (χ0v) is 16.0. The summed E-state index contributed by atoms with van der Waals surface area (Å²) in [7, 11) is 1.65. The summed E-state index contributed by atoms with van der Waals surface area (Å²) in [6, 6.07) is 11.5. The van der Waals surface area contributed by atoms with Gasteiger partial charge in [-0.1, -0.05) is 17.3 Å². The summed E-state index contributed by atoms with van der Waals surface area (Å²) in [6.45, 7) is 3.40. The number of methoxy groups -OCH3 is 1. The average Bonchev–Trinajstić information content (AvgIpc) is 3.25. The number of benzene rings is 1. The van der Waals surface area contributed by atoms with Gasteiger partial charge in [-0.3, -0.25) is 9.88 Å². The van der Waals surface area contributed by atoms with E-state index in [2.05, 4.69) is 20.0 Å². The van der Waals surface area contributed by atoms with Crippen LogP contribution in [0.1, 0.15) is 24.7 Å². The largest absolute Gasteiger partial charge is 0.493 e. The van der Waals surface area contributed by atoms with Crippen molar-refractivity contribution in [2.45, 2.75) is 18.8 Å². The Labute approximate surface area is 164 Å². The molecule has 7 nitrogen and oxygen atoms in total. The highest BCUT2D eigenvalue weighted by Crippen LogP contribution is 2.28. The maximum absolute atomic E-state index is 5.91. The molecule has 0 N–H and O–H groups in total. The third-order valence-corrected chi connectivity index (χ3v) is 4.95. The lowest BCUT2D eigenvalue weighted by atomic mass is 9.98. The van der Waals surface area contributed by atoms with Crippen LogP contribution in [0, 0.1) is 0 Å². The maximum Gasteiger partial charge on any atom is 0.231 e. The molecule has 3 aromatic rings. The van der Waals surface area contributed by atoms with Crippen molar-refractivity contribution in [2.75, 3.05) is 33.4 Å². The Bertz CT molecular complexity index is 884. The van der Waals surface area contributed by atoms with Crippen LogP contribution >= 0.6 is 0 Å². The van der Waals surface area contributed by atoms with E-state index in [1.165, 1.54) is 0 Å². The number of ether oxygens (including phenoxy) is 2. The van der Waals surface area contributed by atoms with E-state index in [9.17, 15) is 0 Å². The standard InChI is InChI=1S/C21H24N4O3/c1-26-18-8-2-3-9-19(18)27-13-12-25-11-5-7-17(15-25)21-23-20(24-28-21)16-6-4-10-22-14-16/h2-4,6,8-10,14,17H,5,7,11-13,15H2,1H3/t17-/m0/s1. The minimum Gasteiger partial charge on any atom is -0.493 e. The van der Waals surface area contributed by atoms with Gasteiger partial charge in [0.15, 0.2) is 11.5 Å². The molecule has 146 valence electrons. The first kappa shape index (κ1) is 18.4. The molecule has 2 aromatic heterocycles. The number of pyridine rings is 1. The molecule has 1 fully saturated rings. The summed E-state index contributed by atoms with van der Waals surface area (Å²) in [6.07, 6.45) is 5.64. The maximum atomic E-state index is 5.91. The number of aromatic nitrogens is 3. The van der Waals surface area contributed by atoms with Gasteiger partial charge in [0, 0.05) is 31.0 Å². The smallest absolute Gasteiger partial charge is 0.231 e. The molecule has 0 amide bonds. The predicted molar refractivity (Wildman–Crippen MR) is 104 cm³/mol. The van der Waals surface area contributed by atoms with Gasteiger partial charge in [-0.05, 0) is 43.7 Å². The fourth-order valence-electron chi connectivity index (χ4n) is 3.50. The molecule has 3 heterocycles. The molecule has 1 aliphatic heterocycles. The number of para-hydroxylation sites is 2. The Morgan fingerprint density at radius 1 is 1.18 bits per heavy atom. The number of likely N-dealkylation sites (tertiary alicyclic amines) is 1. The lowest BCUT2D eigenvalue weighted by Crippen LogP contribution is -2.37. The highest BCUT2D eigenvalue weighted by Gasteiger charge is 2.26. The minimum absolute atomic E-state index is 0.248. The van der Waals surface area contributed by atoms with Crippen LogP contribution in [0.5, 0.6) is 11.5 Å². The van der Waals surface area contributed by atoms with E-state index >= 15 is 0 Å². The molecule has 0 radical (unpaired) electrons. The van der Waals surface area contributed by atoms with Crippen molar-refractivity contribution in [3.05, 3.63) is 54.7 Å². The van der Waals surface area contributed by atoms with Gasteiger partial charge in [0.2, 0.25) is 11.7 Å². The van der Waals surface area contributed by atoms with Crippen molar-refractivity contribution in [3.8, 4) is 22.9 Å². The number of rotatable bonds is 7. The van der Waals surface area contributed by atoms with Crippen LogP contribution in [0.15, 0.2) is 53.3 Å². The van der Waals surface area contributed by atoms with Gasteiger partial charge in [-0.2, -0.15) is 4.98 Å². The van der Waals surface area contributed by atoms with Crippen molar-refractivity contribution in [2.24, 2.45) is 0 Å². The summed E-state index contributed by atoms with van der Waals surface area (Å²) < 4.78 is 16.8. The number of hydrogen-bond donors (Lipinski definition) is 0. The highest BCUT2D eigenvalue weighted by molar-refractivity contribution is 5.51. The summed E-state index contributed by atoms with van der Waals surface area (Å²) in [5.74, 6) is 3.08. The predicted octanol–water partition coefficient (Wildman–Crippen LogP) is 3.40. The van der Waals surface area contributed by atoms with Crippen LogP contribution in [0.4, 0.5) is 0 Å². The second-order valence-corrected chi connectivity index (χ2v) is 6.84. The molecule has 0 aliphatic carbocycles. The molecule has 1 saturated heterocycles. The topological polar surface area (TPSA) is 73.5 Å². The van der Waals surface area contributed by atoms with Crippen molar-refractivity contribution in [1.29, 1.82) is 0 Å². The molecular weight excluding hydrogens is 356 g/mol. The Hall–Kier alpha value is -2.93. The Balaban J connectivity index is 1.33. The Morgan fingerprint density at radius 3 is 2.89 bits per heavy atom. The van der Waals surface area contributed by atoms with E-state index in [1.807, 2.05) is 36.4 Å². The molecule has 1 aromatic carbocycles. The summed E-state index contributed by atoms with van der Waals surface area (Å²) >= 11 is 0. The van der Waals surface area contributed by atoms with Crippen LogP contribution < -0.4 is 9.47 Å².